The number of hydrogen-bond donors (Lipinski definition) is 0. The molecule has 0 aromatic carbocycles. The van der Waals surface area contributed by atoms with Gasteiger partial charge in [-0.05, 0) is 19.4 Å². The fraction of sp³-hybridized carbons (Fsp3) is 0.727. The average Bonchev–Trinajstić information content (AvgIpc) is 2.76. The van der Waals surface area contributed by atoms with Gasteiger partial charge in [-0.25, -0.2) is 9.97 Å². The average molecular weight is 483 g/mol. The van der Waals surface area contributed by atoms with E-state index in [1.165, 1.54) is 11.8 Å². The van der Waals surface area contributed by atoms with Gasteiger partial charge in [0.1, 0.15) is 11.0 Å². The molecule has 2 fully saturated rings. The first kappa shape index (κ1) is 25.1. The molecule has 0 spiro atoms. The first-order valence-corrected chi connectivity index (χ1v) is 12.8. The summed E-state index contributed by atoms with van der Waals surface area (Å²) >= 11 is 7.61. The highest BCUT2D eigenvalue weighted by atomic mass is 35.5. The molecular formula is C22H35ClN6O2S. The minimum atomic E-state index is 0.100. The molecule has 2 saturated heterocycles. The van der Waals surface area contributed by atoms with Crippen molar-refractivity contribution < 1.29 is 9.59 Å². The van der Waals surface area contributed by atoms with Gasteiger partial charge < -0.3 is 19.6 Å². The number of thioether (sulfide) groups is 1. The summed E-state index contributed by atoms with van der Waals surface area (Å²) in [6, 6.07) is 1.86. The van der Waals surface area contributed by atoms with Crippen LogP contribution in [0.15, 0.2) is 11.2 Å². The standard InChI is InChI=1S/C22H35ClN6O2S/c1-5-26-6-8-27(9-7-26)21(31)15-32-22-24-18(23)13-19(25-22)28-10-11-29(17(4)14-28)20(30)12-16(2)3/h13,16-17H,5-12,14-15H2,1-4H3. The molecule has 8 nitrogen and oxygen atoms in total. The molecule has 0 aliphatic carbocycles. The van der Waals surface area contributed by atoms with Crippen LogP contribution in [0.4, 0.5) is 5.82 Å². The second kappa shape index (κ2) is 11.5. The summed E-state index contributed by atoms with van der Waals surface area (Å²) in [5.41, 5.74) is 0. The van der Waals surface area contributed by atoms with Crippen LogP contribution in [-0.4, -0.2) is 101 Å². The molecule has 3 heterocycles. The molecule has 2 aliphatic heterocycles. The van der Waals surface area contributed by atoms with Gasteiger partial charge in [-0.1, -0.05) is 44.1 Å². The first-order chi connectivity index (χ1) is 15.3. The Balaban J connectivity index is 1.57. The second-order valence-electron chi connectivity index (χ2n) is 8.92. The maximum atomic E-state index is 12.6. The molecule has 1 aromatic rings. The smallest absolute Gasteiger partial charge is 0.233 e. The van der Waals surface area contributed by atoms with E-state index in [1.807, 2.05) is 9.80 Å². The predicted molar refractivity (Wildman–Crippen MR) is 129 cm³/mol. The summed E-state index contributed by atoms with van der Waals surface area (Å²) in [4.78, 5) is 42.5. The molecule has 10 heteroatoms. The largest absolute Gasteiger partial charge is 0.353 e. The number of nitrogens with zero attached hydrogens (tertiary/aromatic N) is 6. The number of amides is 2. The van der Waals surface area contributed by atoms with E-state index in [0.29, 0.717) is 48.0 Å². The van der Waals surface area contributed by atoms with Crippen LogP contribution in [0, 0.1) is 5.92 Å². The van der Waals surface area contributed by atoms with Crippen molar-refractivity contribution in [2.24, 2.45) is 5.92 Å². The Morgan fingerprint density at radius 1 is 1.12 bits per heavy atom. The van der Waals surface area contributed by atoms with Gasteiger partial charge in [0.2, 0.25) is 11.8 Å². The molecule has 32 heavy (non-hydrogen) atoms. The van der Waals surface area contributed by atoms with E-state index in [4.69, 9.17) is 11.6 Å². The van der Waals surface area contributed by atoms with Crippen LogP contribution in [0.1, 0.15) is 34.1 Å². The number of likely N-dealkylation sites (N-methyl/N-ethyl adjacent to an activating group) is 1. The lowest BCUT2D eigenvalue weighted by molar-refractivity contribution is -0.134. The Hall–Kier alpha value is -1.58. The van der Waals surface area contributed by atoms with Crippen molar-refractivity contribution in [3.05, 3.63) is 11.2 Å². The van der Waals surface area contributed by atoms with E-state index in [2.05, 4.69) is 47.5 Å². The van der Waals surface area contributed by atoms with Gasteiger partial charge in [0.05, 0.1) is 5.75 Å². The van der Waals surface area contributed by atoms with Gasteiger partial charge in [0.15, 0.2) is 5.16 Å². The van der Waals surface area contributed by atoms with Crippen molar-refractivity contribution in [2.75, 3.05) is 63.0 Å². The Morgan fingerprint density at radius 2 is 1.84 bits per heavy atom. The second-order valence-corrected chi connectivity index (χ2v) is 10.2. The highest BCUT2D eigenvalue weighted by Crippen LogP contribution is 2.25. The zero-order valence-electron chi connectivity index (χ0n) is 19.6. The molecular weight excluding hydrogens is 448 g/mol. The third-order valence-electron chi connectivity index (χ3n) is 6.01. The summed E-state index contributed by atoms with van der Waals surface area (Å²) in [6.45, 7) is 14.8. The molecule has 3 rings (SSSR count). The third kappa shape index (κ3) is 6.71. The number of hydrogen-bond acceptors (Lipinski definition) is 7. The van der Waals surface area contributed by atoms with E-state index in [0.717, 1.165) is 38.5 Å². The maximum Gasteiger partial charge on any atom is 0.233 e. The minimum Gasteiger partial charge on any atom is -0.353 e. The van der Waals surface area contributed by atoms with E-state index in [1.54, 1.807) is 6.07 Å². The van der Waals surface area contributed by atoms with E-state index in [-0.39, 0.29) is 17.9 Å². The topological polar surface area (TPSA) is 72.9 Å². The van der Waals surface area contributed by atoms with Crippen LogP contribution in [0.2, 0.25) is 5.15 Å². The molecule has 0 radical (unpaired) electrons. The third-order valence-corrected chi connectivity index (χ3v) is 7.04. The van der Waals surface area contributed by atoms with Crippen LogP contribution in [0.5, 0.6) is 0 Å². The number of piperazine rings is 2. The summed E-state index contributed by atoms with van der Waals surface area (Å²) < 4.78 is 0. The minimum absolute atomic E-state index is 0.100. The summed E-state index contributed by atoms with van der Waals surface area (Å²) in [6.07, 6.45) is 0.575. The quantitative estimate of drug-likeness (QED) is 0.336. The number of carbonyl (C=O) groups is 2. The first-order valence-electron chi connectivity index (χ1n) is 11.5. The molecule has 1 unspecified atom stereocenters. The molecule has 2 aliphatic rings. The summed E-state index contributed by atoms with van der Waals surface area (Å²) in [5, 5.41) is 0.881. The molecule has 1 aromatic heterocycles. The lowest BCUT2D eigenvalue weighted by atomic mass is 10.1. The van der Waals surface area contributed by atoms with Gasteiger partial charge in [0.25, 0.3) is 0 Å². The summed E-state index contributed by atoms with van der Waals surface area (Å²) in [7, 11) is 0. The Labute approximate surface area is 200 Å². The van der Waals surface area contributed by atoms with Gasteiger partial charge in [0, 0.05) is 64.3 Å². The van der Waals surface area contributed by atoms with Crippen LogP contribution in [0.25, 0.3) is 0 Å². The maximum absolute atomic E-state index is 12.6. The Bertz CT molecular complexity index is 803. The van der Waals surface area contributed by atoms with Gasteiger partial charge >= 0.3 is 0 Å². The van der Waals surface area contributed by atoms with Gasteiger partial charge in [-0.3, -0.25) is 9.59 Å². The van der Waals surface area contributed by atoms with Gasteiger partial charge in [-0.2, -0.15) is 0 Å². The number of rotatable bonds is 7. The Kier molecular flexibility index (Phi) is 9.02. The van der Waals surface area contributed by atoms with Crippen molar-refractivity contribution >= 4 is 41.0 Å². The van der Waals surface area contributed by atoms with Crippen molar-refractivity contribution in [1.29, 1.82) is 0 Å². The number of anilines is 1. The fourth-order valence-corrected chi connectivity index (χ4v) is 5.13. The number of carbonyl (C=O) groups excluding carboxylic acids is 2. The highest BCUT2D eigenvalue weighted by molar-refractivity contribution is 7.99. The van der Waals surface area contributed by atoms with E-state index < -0.39 is 0 Å². The van der Waals surface area contributed by atoms with Gasteiger partial charge in [-0.15, -0.1) is 0 Å². The molecule has 0 N–H and O–H groups in total. The molecule has 2 amide bonds. The van der Waals surface area contributed by atoms with Crippen molar-refractivity contribution in [1.82, 2.24) is 24.7 Å². The van der Waals surface area contributed by atoms with Crippen LogP contribution in [0.3, 0.4) is 0 Å². The molecule has 1 atom stereocenters. The zero-order chi connectivity index (χ0) is 23.3. The van der Waals surface area contributed by atoms with Crippen LogP contribution in [-0.2, 0) is 9.59 Å². The SMILES string of the molecule is CCN1CCN(C(=O)CSc2nc(Cl)cc(N3CCN(C(=O)CC(C)C)C(C)C3)n2)CC1. The fourth-order valence-electron chi connectivity index (χ4n) is 4.15. The Morgan fingerprint density at radius 3 is 2.47 bits per heavy atom. The van der Waals surface area contributed by atoms with Crippen molar-refractivity contribution in [3.63, 3.8) is 0 Å². The monoisotopic (exact) mass is 482 g/mol. The van der Waals surface area contributed by atoms with Crippen LogP contribution >= 0.6 is 23.4 Å². The molecule has 178 valence electrons. The van der Waals surface area contributed by atoms with E-state index >= 15 is 0 Å². The predicted octanol–water partition coefficient (Wildman–Crippen LogP) is 2.47. The van der Waals surface area contributed by atoms with Crippen molar-refractivity contribution in [3.8, 4) is 0 Å². The molecule has 0 bridgehead atoms. The zero-order valence-corrected chi connectivity index (χ0v) is 21.2. The van der Waals surface area contributed by atoms with Crippen molar-refractivity contribution in [2.45, 2.75) is 45.3 Å². The van der Waals surface area contributed by atoms with E-state index in [9.17, 15) is 9.59 Å². The summed E-state index contributed by atoms with van der Waals surface area (Å²) in [5.74, 6) is 1.73. The molecule has 0 saturated carbocycles. The van der Waals surface area contributed by atoms with Crippen LogP contribution < -0.4 is 4.90 Å². The number of aromatic nitrogens is 2. The highest BCUT2D eigenvalue weighted by Gasteiger charge is 2.29. The normalized spacial score (nSPS) is 20.2. The number of halogens is 1. The lowest BCUT2D eigenvalue weighted by Crippen LogP contribution is -2.54. The lowest BCUT2D eigenvalue weighted by Gasteiger charge is -2.40.